The molecule has 77 heavy (non-hydrogen) atoms. The fourth-order valence-electron chi connectivity index (χ4n) is 9.91. The Morgan fingerprint density at radius 2 is 0.792 bits per heavy atom. The molecule has 0 rings (SSSR count). The first-order valence-corrected chi connectivity index (χ1v) is 34.8. The molecule has 0 radical (unpaired) electrons. The molecule has 3 atom stereocenters. The summed E-state index contributed by atoms with van der Waals surface area (Å²) in [7, 11) is 1.51. The van der Waals surface area contributed by atoms with Gasteiger partial charge in [-0.1, -0.05) is 289 Å². The number of carbonyl (C=O) groups is 2. The maximum Gasteiger partial charge on any atom is 0.472 e. The number of hydrogen-bond donors (Lipinski definition) is 2. The minimum Gasteiger partial charge on any atom is -0.456 e. The van der Waals surface area contributed by atoms with Crippen molar-refractivity contribution in [3.63, 3.8) is 0 Å². The topological polar surface area (TPSA) is 111 Å². The van der Waals surface area contributed by atoms with Gasteiger partial charge in [0.15, 0.2) is 0 Å². The number of quaternary nitrogens is 1. The Balaban J connectivity index is 5.18. The predicted octanol–water partition coefficient (Wildman–Crippen LogP) is 20.7. The van der Waals surface area contributed by atoms with Crippen molar-refractivity contribution in [2.45, 2.75) is 341 Å². The van der Waals surface area contributed by atoms with E-state index in [1.165, 1.54) is 231 Å². The van der Waals surface area contributed by atoms with E-state index >= 15 is 0 Å². The monoisotopic (exact) mass is 1110 g/mol. The third kappa shape index (κ3) is 58.7. The minimum absolute atomic E-state index is 0.0428. The highest BCUT2D eigenvalue weighted by Gasteiger charge is 2.30. The highest BCUT2D eigenvalue weighted by Crippen LogP contribution is 2.43. The summed E-state index contributed by atoms with van der Waals surface area (Å²) in [6, 6.07) is -0.845. The molecule has 0 aliphatic carbocycles. The Bertz CT molecular complexity index is 1410. The molecule has 0 spiro atoms. The number of unbranched alkanes of at least 4 members (excludes halogenated alkanes) is 41. The molecule has 3 unspecified atom stereocenters. The van der Waals surface area contributed by atoms with Crippen molar-refractivity contribution in [1.82, 2.24) is 5.32 Å². The van der Waals surface area contributed by atoms with Gasteiger partial charge in [-0.15, -0.1) is 0 Å². The van der Waals surface area contributed by atoms with Crippen LogP contribution in [0.3, 0.4) is 0 Å². The third-order valence-electron chi connectivity index (χ3n) is 15.1. The number of allylic oxidation sites excluding steroid dienone is 5. The molecule has 10 heteroatoms. The van der Waals surface area contributed by atoms with E-state index in [2.05, 4.69) is 50.4 Å². The van der Waals surface area contributed by atoms with Crippen molar-refractivity contribution in [2.24, 2.45) is 0 Å². The van der Waals surface area contributed by atoms with E-state index in [9.17, 15) is 19.0 Å². The summed E-state index contributed by atoms with van der Waals surface area (Å²) in [6.07, 6.45) is 69.9. The molecular formula is C67H130N2O7P+. The molecule has 2 N–H and O–H groups in total. The van der Waals surface area contributed by atoms with Crippen LogP contribution in [0.5, 0.6) is 0 Å². The van der Waals surface area contributed by atoms with Crippen LogP contribution < -0.4 is 5.32 Å². The number of nitrogens with one attached hydrogen (secondary N) is 1. The summed E-state index contributed by atoms with van der Waals surface area (Å²) in [4.78, 5) is 37.8. The second-order valence-electron chi connectivity index (χ2n) is 24.0. The van der Waals surface area contributed by atoms with Gasteiger partial charge in [-0.25, -0.2) is 4.57 Å². The van der Waals surface area contributed by atoms with Crippen molar-refractivity contribution in [2.75, 3.05) is 40.9 Å². The SMILES string of the molecule is CCCCC/C=C\C/C=C\CCCCCCCCCCCCCC(=O)OC(/C=C/CCCCCCCCCCCCC)C(COP(=O)(O)OCC[N+](C)(C)C)NC(=O)CCCCCCCCCCCCCCCCCCC. The second kappa shape index (κ2) is 57.5. The zero-order chi connectivity index (χ0) is 56.4. The van der Waals surface area contributed by atoms with Gasteiger partial charge in [0.25, 0.3) is 0 Å². The van der Waals surface area contributed by atoms with Crippen LogP contribution in [0.2, 0.25) is 0 Å². The molecule has 0 aromatic rings. The van der Waals surface area contributed by atoms with E-state index in [0.717, 1.165) is 64.2 Å². The summed E-state index contributed by atoms with van der Waals surface area (Å²) < 4.78 is 30.8. The Morgan fingerprint density at radius 3 is 1.19 bits per heavy atom. The van der Waals surface area contributed by atoms with Crippen molar-refractivity contribution in [3.05, 3.63) is 36.5 Å². The summed E-state index contributed by atoms with van der Waals surface area (Å²) >= 11 is 0. The second-order valence-corrected chi connectivity index (χ2v) is 25.5. The first-order chi connectivity index (χ1) is 37.4. The largest absolute Gasteiger partial charge is 0.472 e. The number of phosphoric ester groups is 1. The average molecular weight is 1110 g/mol. The number of phosphoric acid groups is 1. The number of amides is 1. The molecule has 9 nitrogen and oxygen atoms in total. The maximum atomic E-state index is 13.6. The first-order valence-electron chi connectivity index (χ1n) is 33.3. The molecule has 1 amide bonds. The molecule has 0 fully saturated rings. The number of rotatable bonds is 61. The van der Waals surface area contributed by atoms with Crippen molar-refractivity contribution in [3.8, 4) is 0 Å². The van der Waals surface area contributed by atoms with Crippen LogP contribution in [-0.4, -0.2) is 74.3 Å². The van der Waals surface area contributed by atoms with Gasteiger partial charge >= 0.3 is 13.8 Å². The van der Waals surface area contributed by atoms with E-state index in [4.69, 9.17) is 13.8 Å². The summed E-state index contributed by atoms with van der Waals surface area (Å²) in [5, 5.41) is 3.07. The van der Waals surface area contributed by atoms with Crippen molar-refractivity contribution >= 4 is 19.7 Å². The lowest BCUT2D eigenvalue weighted by atomic mass is 10.0. The summed E-state index contributed by atoms with van der Waals surface area (Å²) in [5.74, 6) is -0.490. The smallest absolute Gasteiger partial charge is 0.456 e. The molecule has 0 saturated carbocycles. The van der Waals surface area contributed by atoms with Gasteiger partial charge in [-0.2, -0.15) is 0 Å². The Kier molecular flexibility index (Phi) is 56.1. The third-order valence-corrected chi connectivity index (χ3v) is 16.1. The number of ether oxygens (including phenoxy) is 1. The highest BCUT2D eigenvalue weighted by atomic mass is 31.2. The van der Waals surface area contributed by atoms with Crippen LogP contribution in [0.15, 0.2) is 36.5 Å². The molecule has 454 valence electrons. The lowest BCUT2D eigenvalue weighted by Gasteiger charge is -2.27. The number of esters is 1. The zero-order valence-corrected chi connectivity index (χ0v) is 52.9. The van der Waals surface area contributed by atoms with Gasteiger partial charge in [0.2, 0.25) is 5.91 Å². The molecule has 0 aliphatic heterocycles. The number of carbonyl (C=O) groups excluding carboxylic acids is 2. The number of nitrogens with zero attached hydrogens (tertiary/aromatic N) is 1. The normalized spacial score (nSPS) is 13.8. The van der Waals surface area contributed by atoms with Gasteiger partial charge in [0.05, 0.1) is 33.8 Å². The van der Waals surface area contributed by atoms with Crippen LogP contribution in [0.1, 0.15) is 329 Å². The zero-order valence-electron chi connectivity index (χ0n) is 52.0. The molecule has 0 bridgehead atoms. The van der Waals surface area contributed by atoms with E-state index in [1.54, 1.807) is 0 Å². The van der Waals surface area contributed by atoms with Crippen LogP contribution >= 0.6 is 7.82 Å². The fourth-order valence-corrected chi connectivity index (χ4v) is 10.7. The van der Waals surface area contributed by atoms with E-state index < -0.39 is 20.0 Å². The average Bonchev–Trinajstić information content (AvgIpc) is 3.39. The van der Waals surface area contributed by atoms with Crippen molar-refractivity contribution in [1.29, 1.82) is 0 Å². The number of hydrogen-bond acceptors (Lipinski definition) is 6. The number of likely N-dealkylation sites (N-methyl/N-ethyl adjacent to an activating group) is 1. The fraction of sp³-hybridized carbons (Fsp3) is 0.881. The van der Waals surface area contributed by atoms with Crippen LogP contribution in [0.25, 0.3) is 0 Å². The molecule has 0 aromatic heterocycles. The lowest BCUT2D eigenvalue weighted by Crippen LogP contribution is -2.47. The Labute approximate surface area is 478 Å². The highest BCUT2D eigenvalue weighted by molar-refractivity contribution is 7.47. The minimum atomic E-state index is -4.45. The molecule has 0 aliphatic rings. The van der Waals surface area contributed by atoms with Gasteiger partial charge in [-0.05, 0) is 63.9 Å². The first kappa shape index (κ1) is 75.2. The van der Waals surface area contributed by atoms with Crippen LogP contribution in [0.4, 0.5) is 0 Å². The standard InChI is InChI=1S/C67H129N2O7P/c1-7-10-13-16-19-22-25-28-30-32-33-34-35-37-39-42-45-48-51-54-57-60-67(71)76-65(58-55-52-49-46-43-40-27-24-21-18-15-12-9-3)64(63-75-77(72,73)74-62-61-69(4,5)6)68-66(70)59-56-53-50-47-44-41-38-36-31-29-26-23-20-17-14-11-8-2/h19,22,28,30,55,58,64-65H,7-18,20-21,23-27,29,31-54,56-57,59-63H2,1-6H3,(H-,68,70,72,73)/p+1/b22-19-,30-28-,58-55+. The van der Waals surface area contributed by atoms with E-state index in [1.807, 2.05) is 33.3 Å². The van der Waals surface area contributed by atoms with Gasteiger partial charge in [-0.3, -0.25) is 18.6 Å². The van der Waals surface area contributed by atoms with E-state index in [-0.39, 0.29) is 25.1 Å². The van der Waals surface area contributed by atoms with Crippen LogP contribution in [0, 0.1) is 0 Å². The van der Waals surface area contributed by atoms with E-state index in [0.29, 0.717) is 23.9 Å². The van der Waals surface area contributed by atoms with Gasteiger partial charge in [0, 0.05) is 12.8 Å². The molecule has 0 aromatic carbocycles. The lowest BCUT2D eigenvalue weighted by molar-refractivity contribution is -0.870. The molecule has 0 heterocycles. The van der Waals surface area contributed by atoms with Crippen molar-refractivity contribution < 1.29 is 37.3 Å². The quantitative estimate of drug-likeness (QED) is 0.0205. The maximum absolute atomic E-state index is 13.6. The van der Waals surface area contributed by atoms with Crippen LogP contribution in [-0.2, 0) is 27.9 Å². The summed E-state index contributed by atoms with van der Waals surface area (Å²) in [6.45, 7) is 7.04. The molecule has 0 saturated heterocycles. The summed E-state index contributed by atoms with van der Waals surface area (Å²) in [5.41, 5.74) is 0. The predicted molar refractivity (Wildman–Crippen MR) is 332 cm³/mol. The molecular weight excluding hydrogens is 976 g/mol. The Morgan fingerprint density at radius 1 is 0.455 bits per heavy atom. The van der Waals surface area contributed by atoms with Gasteiger partial charge < -0.3 is 19.4 Å². The Hall–Kier alpha value is -1.77. The van der Waals surface area contributed by atoms with Gasteiger partial charge in [0.1, 0.15) is 19.3 Å².